The van der Waals surface area contributed by atoms with Crippen molar-refractivity contribution >= 4 is 15.7 Å². The second-order valence-corrected chi connectivity index (χ2v) is 7.94. The maximum Gasteiger partial charge on any atom is 0.242 e. The Bertz CT molecular complexity index is 567. The third-order valence-electron chi connectivity index (χ3n) is 4.38. The molecule has 1 aromatic carbocycles. The Kier molecular flexibility index (Phi) is 4.39. The zero-order valence-electron chi connectivity index (χ0n) is 12.5. The Labute approximate surface area is 122 Å². The Morgan fingerprint density at radius 3 is 2.40 bits per heavy atom. The van der Waals surface area contributed by atoms with Crippen LogP contribution in [0.15, 0.2) is 17.0 Å². The largest absolute Gasteiger partial charge is 0.398 e. The number of sulfonamides is 1. The van der Waals surface area contributed by atoms with Crippen LogP contribution in [-0.4, -0.2) is 26.3 Å². The summed E-state index contributed by atoms with van der Waals surface area (Å²) in [6.07, 6.45) is 4.70. The molecule has 0 heterocycles. The standard InChI is InChI=1S/C15H24N2O2S/c1-11-8-14(9-15(16)12(11)2)20(18,19)17(3)10-13-6-4-5-7-13/h8-9,13H,4-7,10,16H2,1-3H3. The van der Waals surface area contributed by atoms with Crippen molar-refractivity contribution in [2.24, 2.45) is 5.92 Å². The minimum Gasteiger partial charge on any atom is -0.398 e. The predicted molar refractivity (Wildman–Crippen MR) is 82.1 cm³/mol. The van der Waals surface area contributed by atoms with E-state index in [4.69, 9.17) is 5.73 Å². The molecule has 1 aliphatic carbocycles. The normalized spacial score (nSPS) is 17.0. The van der Waals surface area contributed by atoms with Crippen molar-refractivity contribution in [2.45, 2.75) is 44.4 Å². The molecule has 2 N–H and O–H groups in total. The molecule has 20 heavy (non-hydrogen) atoms. The van der Waals surface area contributed by atoms with E-state index in [1.54, 1.807) is 19.2 Å². The van der Waals surface area contributed by atoms with Crippen LogP contribution in [0.5, 0.6) is 0 Å². The summed E-state index contributed by atoms with van der Waals surface area (Å²) in [7, 11) is -1.77. The molecule has 5 heteroatoms. The van der Waals surface area contributed by atoms with Crippen LogP contribution in [0.4, 0.5) is 5.69 Å². The molecule has 0 aromatic heterocycles. The van der Waals surface area contributed by atoms with Gasteiger partial charge in [0.15, 0.2) is 0 Å². The molecule has 1 aliphatic rings. The third kappa shape index (κ3) is 2.99. The van der Waals surface area contributed by atoms with Gasteiger partial charge >= 0.3 is 0 Å². The van der Waals surface area contributed by atoms with Gasteiger partial charge in [-0.2, -0.15) is 0 Å². The van der Waals surface area contributed by atoms with Crippen molar-refractivity contribution in [1.29, 1.82) is 0 Å². The molecule has 0 unspecified atom stereocenters. The van der Waals surface area contributed by atoms with Gasteiger partial charge in [0.05, 0.1) is 4.90 Å². The smallest absolute Gasteiger partial charge is 0.242 e. The molecular formula is C15H24N2O2S. The Morgan fingerprint density at radius 1 is 1.25 bits per heavy atom. The number of benzene rings is 1. The molecule has 0 amide bonds. The van der Waals surface area contributed by atoms with Crippen LogP contribution in [0.3, 0.4) is 0 Å². The van der Waals surface area contributed by atoms with Gasteiger partial charge in [0.1, 0.15) is 0 Å². The first-order valence-corrected chi connectivity index (χ1v) is 8.59. The molecular weight excluding hydrogens is 272 g/mol. The van der Waals surface area contributed by atoms with Crippen LogP contribution in [0.25, 0.3) is 0 Å². The monoisotopic (exact) mass is 296 g/mol. The predicted octanol–water partition coefficient (Wildman–Crippen LogP) is 2.70. The van der Waals surface area contributed by atoms with Crippen molar-refractivity contribution in [2.75, 3.05) is 19.3 Å². The van der Waals surface area contributed by atoms with E-state index in [2.05, 4.69) is 0 Å². The van der Waals surface area contributed by atoms with Crippen molar-refractivity contribution in [3.63, 3.8) is 0 Å². The topological polar surface area (TPSA) is 63.4 Å². The van der Waals surface area contributed by atoms with E-state index in [0.29, 0.717) is 23.0 Å². The summed E-state index contributed by atoms with van der Waals surface area (Å²) in [4.78, 5) is 0.304. The second kappa shape index (κ2) is 5.74. The van der Waals surface area contributed by atoms with E-state index in [9.17, 15) is 8.42 Å². The molecule has 1 aromatic rings. The molecule has 112 valence electrons. The summed E-state index contributed by atoms with van der Waals surface area (Å²) in [6, 6.07) is 3.29. The molecule has 0 radical (unpaired) electrons. The van der Waals surface area contributed by atoms with Gasteiger partial charge in [-0.25, -0.2) is 12.7 Å². The summed E-state index contributed by atoms with van der Waals surface area (Å²) in [6.45, 7) is 4.40. The van der Waals surface area contributed by atoms with Crippen molar-refractivity contribution < 1.29 is 8.42 Å². The average molecular weight is 296 g/mol. The molecule has 0 aliphatic heterocycles. The molecule has 2 rings (SSSR count). The van der Waals surface area contributed by atoms with Crippen molar-refractivity contribution in [3.8, 4) is 0 Å². The molecule has 0 saturated heterocycles. The zero-order chi connectivity index (χ0) is 14.9. The summed E-state index contributed by atoms with van der Waals surface area (Å²) in [5.41, 5.74) is 8.30. The number of nitrogens with two attached hydrogens (primary N) is 1. The number of hydrogen-bond donors (Lipinski definition) is 1. The fraction of sp³-hybridized carbons (Fsp3) is 0.600. The summed E-state index contributed by atoms with van der Waals surface area (Å²) < 4.78 is 26.7. The van der Waals surface area contributed by atoms with E-state index in [1.165, 1.54) is 17.1 Å². The maximum absolute atomic E-state index is 12.6. The SMILES string of the molecule is Cc1cc(S(=O)(=O)N(C)CC2CCCC2)cc(N)c1C. The fourth-order valence-corrected chi connectivity index (χ4v) is 4.20. The fourth-order valence-electron chi connectivity index (χ4n) is 2.84. The minimum absolute atomic E-state index is 0.304. The van der Waals surface area contributed by atoms with Crippen molar-refractivity contribution in [3.05, 3.63) is 23.3 Å². The molecule has 0 atom stereocenters. The zero-order valence-corrected chi connectivity index (χ0v) is 13.3. The lowest BCUT2D eigenvalue weighted by atomic mass is 10.1. The van der Waals surface area contributed by atoms with Gasteiger partial charge < -0.3 is 5.73 Å². The first-order valence-electron chi connectivity index (χ1n) is 7.15. The molecule has 4 nitrogen and oxygen atoms in total. The number of nitrogens with zero attached hydrogens (tertiary/aromatic N) is 1. The lowest BCUT2D eigenvalue weighted by Crippen LogP contribution is -2.31. The Balaban J connectivity index is 2.25. The van der Waals surface area contributed by atoms with Crippen LogP contribution in [-0.2, 0) is 10.0 Å². The van der Waals surface area contributed by atoms with Crippen LogP contribution in [0, 0.1) is 19.8 Å². The highest BCUT2D eigenvalue weighted by Crippen LogP contribution is 2.28. The van der Waals surface area contributed by atoms with Crippen molar-refractivity contribution in [1.82, 2.24) is 4.31 Å². The van der Waals surface area contributed by atoms with Gasteiger partial charge in [0, 0.05) is 19.3 Å². The molecule has 1 fully saturated rings. The first kappa shape index (κ1) is 15.3. The molecule has 0 bridgehead atoms. The Morgan fingerprint density at radius 2 is 1.85 bits per heavy atom. The van der Waals surface area contributed by atoms with Gasteiger partial charge in [-0.3, -0.25) is 0 Å². The van der Waals surface area contributed by atoms with Crippen LogP contribution in [0.1, 0.15) is 36.8 Å². The summed E-state index contributed by atoms with van der Waals surface area (Å²) in [5, 5.41) is 0. The highest BCUT2D eigenvalue weighted by Gasteiger charge is 2.26. The number of hydrogen-bond acceptors (Lipinski definition) is 3. The number of aryl methyl sites for hydroxylation is 1. The van der Waals surface area contributed by atoms with Gasteiger partial charge in [-0.05, 0) is 55.9 Å². The second-order valence-electron chi connectivity index (χ2n) is 5.89. The molecule has 0 spiro atoms. The highest BCUT2D eigenvalue weighted by atomic mass is 32.2. The van der Waals surface area contributed by atoms with Gasteiger partial charge in [0.25, 0.3) is 0 Å². The lowest BCUT2D eigenvalue weighted by molar-refractivity contribution is 0.387. The van der Waals surface area contributed by atoms with E-state index < -0.39 is 10.0 Å². The van der Waals surface area contributed by atoms with Gasteiger partial charge in [0.2, 0.25) is 10.0 Å². The molecule has 1 saturated carbocycles. The van der Waals surface area contributed by atoms with E-state index in [1.807, 2.05) is 13.8 Å². The third-order valence-corrected chi connectivity index (χ3v) is 6.18. The van der Waals surface area contributed by atoms with Crippen LogP contribution in [0.2, 0.25) is 0 Å². The number of nitrogen functional groups attached to an aromatic ring is 1. The summed E-state index contributed by atoms with van der Waals surface area (Å²) in [5.74, 6) is 0.499. The first-order chi connectivity index (χ1) is 9.32. The number of anilines is 1. The van der Waals surface area contributed by atoms with E-state index in [-0.39, 0.29) is 0 Å². The quantitative estimate of drug-likeness (QED) is 0.869. The van der Waals surface area contributed by atoms with Gasteiger partial charge in [-0.15, -0.1) is 0 Å². The van der Waals surface area contributed by atoms with Crippen LogP contribution >= 0.6 is 0 Å². The summed E-state index contributed by atoms with van der Waals surface area (Å²) >= 11 is 0. The van der Waals surface area contributed by atoms with E-state index in [0.717, 1.165) is 24.0 Å². The lowest BCUT2D eigenvalue weighted by Gasteiger charge is -2.21. The average Bonchev–Trinajstić information content (AvgIpc) is 2.88. The Hall–Kier alpha value is -1.07. The van der Waals surface area contributed by atoms with E-state index >= 15 is 0 Å². The highest BCUT2D eigenvalue weighted by molar-refractivity contribution is 7.89. The minimum atomic E-state index is -3.43. The number of rotatable bonds is 4. The van der Waals surface area contributed by atoms with Gasteiger partial charge in [-0.1, -0.05) is 12.8 Å². The maximum atomic E-state index is 12.6. The van der Waals surface area contributed by atoms with Crippen LogP contribution < -0.4 is 5.73 Å².